The fourth-order valence-corrected chi connectivity index (χ4v) is 2.92. The molecular formula is C16H18N2O3. The fraction of sp³-hybridized carbons (Fsp3) is 0.375. The van der Waals surface area contributed by atoms with Crippen LogP contribution in [0.4, 0.5) is 0 Å². The second kappa shape index (κ2) is 5.69. The standard InChI is InChI=1S/C16H18N2O3/c19-15-9-12(17-14-4-2-1-3-13(14)15)10-18-7-5-11(6-8-18)16(20)21/h1-4,9,11H,5-8,10H2,(H,17,19)(H,20,21). The Kier molecular flexibility index (Phi) is 3.75. The number of carbonyl (C=O) groups is 1. The minimum Gasteiger partial charge on any atom is -0.481 e. The molecular weight excluding hydrogens is 268 g/mol. The lowest BCUT2D eigenvalue weighted by molar-refractivity contribution is -0.143. The maximum atomic E-state index is 12.1. The summed E-state index contributed by atoms with van der Waals surface area (Å²) in [4.78, 5) is 28.5. The molecule has 1 saturated heterocycles. The van der Waals surface area contributed by atoms with Crippen LogP contribution in [0.5, 0.6) is 0 Å². The molecule has 0 bridgehead atoms. The van der Waals surface area contributed by atoms with E-state index in [-0.39, 0.29) is 11.3 Å². The van der Waals surface area contributed by atoms with Crippen molar-refractivity contribution >= 4 is 16.9 Å². The van der Waals surface area contributed by atoms with E-state index in [1.54, 1.807) is 6.07 Å². The number of nitrogens with one attached hydrogen (secondary N) is 1. The highest BCUT2D eigenvalue weighted by atomic mass is 16.4. The number of carboxylic acid groups (broad SMARTS) is 1. The van der Waals surface area contributed by atoms with Gasteiger partial charge < -0.3 is 10.1 Å². The predicted octanol–water partition coefficient (Wildman–Crippen LogP) is 1.82. The molecule has 5 nitrogen and oxygen atoms in total. The molecule has 2 N–H and O–H groups in total. The molecule has 0 saturated carbocycles. The van der Waals surface area contributed by atoms with E-state index < -0.39 is 5.97 Å². The van der Waals surface area contributed by atoms with Gasteiger partial charge in [0.15, 0.2) is 5.43 Å². The summed E-state index contributed by atoms with van der Waals surface area (Å²) in [6, 6.07) is 9.12. The Labute approximate surface area is 122 Å². The van der Waals surface area contributed by atoms with Gasteiger partial charge in [-0.05, 0) is 38.1 Å². The van der Waals surface area contributed by atoms with Gasteiger partial charge in [0.05, 0.1) is 5.92 Å². The summed E-state index contributed by atoms with van der Waals surface area (Å²) in [5.74, 6) is -0.925. The summed E-state index contributed by atoms with van der Waals surface area (Å²) < 4.78 is 0. The van der Waals surface area contributed by atoms with Gasteiger partial charge in [0, 0.05) is 29.2 Å². The summed E-state index contributed by atoms with van der Waals surface area (Å²) in [7, 11) is 0. The van der Waals surface area contributed by atoms with E-state index >= 15 is 0 Å². The monoisotopic (exact) mass is 286 g/mol. The van der Waals surface area contributed by atoms with Gasteiger partial charge in [-0.15, -0.1) is 0 Å². The zero-order valence-electron chi connectivity index (χ0n) is 11.7. The lowest BCUT2D eigenvalue weighted by Gasteiger charge is -2.29. The fourth-order valence-electron chi connectivity index (χ4n) is 2.92. The number of fused-ring (bicyclic) bond motifs is 1. The van der Waals surface area contributed by atoms with Crippen molar-refractivity contribution in [3.63, 3.8) is 0 Å². The summed E-state index contributed by atoms with van der Waals surface area (Å²) >= 11 is 0. The first-order valence-electron chi connectivity index (χ1n) is 7.19. The lowest BCUT2D eigenvalue weighted by atomic mass is 9.97. The average molecular weight is 286 g/mol. The summed E-state index contributed by atoms with van der Waals surface area (Å²) in [6.07, 6.45) is 1.35. The first kappa shape index (κ1) is 13.8. The normalized spacial score (nSPS) is 17.1. The lowest BCUT2D eigenvalue weighted by Crippen LogP contribution is -2.36. The maximum absolute atomic E-state index is 12.1. The first-order chi connectivity index (χ1) is 10.1. The van der Waals surface area contributed by atoms with E-state index in [1.807, 2.05) is 24.3 Å². The highest BCUT2D eigenvalue weighted by Gasteiger charge is 2.24. The molecule has 0 aliphatic carbocycles. The number of benzene rings is 1. The SMILES string of the molecule is O=C(O)C1CCN(Cc2cc(=O)c3ccccc3[nH]2)CC1. The molecule has 2 heterocycles. The minimum atomic E-state index is -0.700. The number of aromatic nitrogens is 1. The Balaban J connectivity index is 1.74. The number of hydrogen-bond acceptors (Lipinski definition) is 3. The Morgan fingerprint density at radius 1 is 1.29 bits per heavy atom. The number of piperidine rings is 1. The van der Waals surface area contributed by atoms with Crippen molar-refractivity contribution in [2.75, 3.05) is 13.1 Å². The van der Waals surface area contributed by atoms with E-state index in [0.717, 1.165) is 24.3 Å². The molecule has 2 aromatic rings. The van der Waals surface area contributed by atoms with Crippen LogP contribution in [0.3, 0.4) is 0 Å². The highest BCUT2D eigenvalue weighted by molar-refractivity contribution is 5.78. The van der Waals surface area contributed by atoms with Gasteiger partial charge in [0.2, 0.25) is 0 Å². The maximum Gasteiger partial charge on any atom is 0.306 e. The van der Waals surface area contributed by atoms with Gasteiger partial charge in [0.25, 0.3) is 0 Å². The largest absolute Gasteiger partial charge is 0.481 e. The molecule has 0 amide bonds. The smallest absolute Gasteiger partial charge is 0.306 e. The Hall–Kier alpha value is -2.14. The van der Waals surface area contributed by atoms with Gasteiger partial charge >= 0.3 is 5.97 Å². The van der Waals surface area contributed by atoms with Crippen molar-refractivity contribution in [3.8, 4) is 0 Å². The van der Waals surface area contributed by atoms with Crippen molar-refractivity contribution in [2.45, 2.75) is 19.4 Å². The van der Waals surface area contributed by atoms with E-state index in [4.69, 9.17) is 5.11 Å². The highest BCUT2D eigenvalue weighted by Crippen LogP contribution is 2.19. The molecule has 5 heteroatoms. The second-order valence-corrected chi connectivity index (χ2v) is 5.59. The van der Waals surface area contributed by atoms with Crippen LogP contribution in [-0.2, 0) is 11.3 Å². The van der Waals surface area contributed by atoms with E-state index in [9.17, 15) is 9.59 Å². The van der Waals surface area contributed by atoms with Crippen LogP contribution < -0.4 is 5.43 Å². The van der Waals surface area contributed by atoms with Crippen LogP contribution in [-0.4, -0.2) is 34.0 Å². The molecule has 0 unspecified atom stereocenters. The van der Waals surface area contributed by atoms with E-state index in [1.165, 1.54) is 0 Å². The minimum absolute atomic E-state index is 0.0276. The first-order valence-corrected chi connectivity index (χ1v) is 7.19. The average Bonchev–Trinajstić information content (AvgIpc) is 2.48. The van der Waals surface area contributed by atoms with Crippen LogP contribution in [0.2, 0.25) is 0 Å². The topological polar surface area (TPSA) is 73.4 Å². The number of hydrogen-bond donors (Lipinski definition) is 2. The van der Waals surface area contributed by atoms with Gasteiger partial charge in [-0.2, -0.15) is 0 Å². The second-order valence-electron chi connectivity index (χ2n) is 5.59. The molecule has 1 aliphatic heterocycles. The Bertz CT molecular complexity index is 715. The van der Waals surface area contributed by atoms with Crippen molar-refractivity contribution in [1.82, 2.24) is 9.88 Å². The number of para-hydroxylation sites is 1. The van der Waals surface area contributed by atoms with Crippen molar-refractivity contribution < 1.29 is 9.90 Å². The summed E-state index contributed by atoms with van der Waals surface area (Å²) in [5.41, 5.74) is 1.76. The quantitative estimate of drug-likeness (QED) is 0.902. The molecule has 3 rings (SSSR count). The summed E-state index contributed by atoms with van der Waals surface area (Å²) in [6.45, 7) is 2.17. The molecule has 0 radical (unpaired) electrons. The third-order valence-corrected chi connectivity index (χ3v) is 4.12. The Morgan fingerprint density at radius 3 is 2.71 bits per heavy atom. The zero-order chi connectivity index (χ0) is 14.8. The molecule has 1 aromatic carbocycles. The van der Waals surface area contributed by atoms with Gasteiger partial charge in [-0.25, -0.2) is 0 Å². The van der Waals surface area contributed by atoms with Crippen LogP contribution in [0, 0.1) is 5.92 Å². The number of rotatable bonds is 3. The predicted molar refractivity (Wildman–Crippen MR) is 80.2 cm³/mol. The summed E-state index contributed by atoms with van der Waals surface area (Å²) in [5, 5.41) is 9.70. The van der Waals surface area contributed by atoms with Crippen LogP contribution in [0.15, 0.2) is 35.1 Å². The third-order valence-electron chi connectivity index (χ3n) is 4.12. The van der Waals surface area contributed by atoms with Crippen molar-refractivity contribution in [1.29, 1.82) is 0 Å². The molecule has 0 atom stereocenters. The van der Waals surface area contributed by atoms with Crippen molar-refractivity contribution in [2.24, 2.45) is 5.92 Å². The van der Waals surface area contributed by atoms with Crippen LogP contribution >= 0.6 is 0 Å². The number of aliphatic carboxylic acids is 1. The molecule has 110 valence electrons. The molecule has 0 spiro atoms. The molecule has 21 heavy (non-hydrogen) atoms. The number of pyridine rings is 1. The molecule has 1 fully saturated rings. The van der Waals surface area contributed by atoms with Gasteiger partial charge in [0.1, 0.15) is 0 Å². The molecule has 1 aliphatic rings. The number of likely N-dealkylation sites (tertiary alicyclic amines) is 1. The number of H-pyrrole nitrogens is 1. The number of carboxylic acids is 1. The zero-order valence-corrected chi connectivity index (χ0v) is 11.7. The van der Waals surface area contributed by atoms with Gasteiger partial charge in [-0.1, -0.05) is 12.1 Å². The third kappa shape index (κ3) is 2.97. The van der Waals surface area contributed by atoms with E-state index in [2.05, 4.69) is 9.88 Å². The van der Waals surface area contributed by atoms with Crippen molar-refractivity contribution in [3.05, 3.63) is 46.2 Å². The Morgan fingerprint density at radius 2 is 2.00 bits per heavy atom. The van der Waals surface area contributed by atoms with Gasteiger partial charge in [-0.3, -0.25) is 14.5 Å². The van der Waals surface area contributed by atoms with Crippen LogP contribution in [0.25, 0.3) is 10.9 Å². The number of nitrogens with zero attached hydrogens (tertiary/aromatic N) is 1. The molecule has 1 aromatic heterocycles. The van der Waals surface area contributed by atoms with Crippen LogP contribution in [0.1, 0.15) is 18.5 Å². The van der Waals surface area contributed by atoms with E-state index in [0.29, 0.717) is 24.8 Å². The number of aromatic amines is 1.